The molecule has 2 heterocycles. The number of hydrogen-bond acceptors (Lipinski definition) is 8. The fraction of sp³-hybridized carbons (Fsp3) is 0.414. The van der Waals surface area contributed by atoms with Gasteiger partial charge in [-0.3, -0.25) is 14.5 Å². The van der Waals surface area contributed by atoms with E-state index in [1.807, 2.05) is 0 Å². The first-order valence-corrected chi connectivity index (χ1v) is 15.0. The summed E-state index contributed by atoms with van der Waals surface area (Å²) in [6.45, 7) is 3.60. The number of carboxylic acid groups (broad SMARTS) is 1. The third kappa shape index (κ3) is 9.66. The highest BCUT2D eigenvalue weighted by Crippen LogP contribution is 2.40. The molecule has 2 saturated heterocycles. The number of hydrazine groups is 1. The van der Waals surface area contributed by atoms with Crippen molar-refractivity contribution in [1.82, 2.24) is 15.3 Å². The van der Waals surface area contributed by atoms with Crippen molar-refractivity contribution in [2.24, 2.45) is 0 Å². The molecule has 2 N–H and O–H groups in total. The topological polar surface area (TPSA) is 91.3 Å². The molecule has 0 bridgehead atoms. The number of unbranched alkanes of at least 4 members (excludes halogenated alkanes) is 1. The van der Waals surface area contributed by atoms with E-state index in [9.17, 15) is 35.9 Å². The van der Waals surface area contributed by atoms with Gasteiger partial charge in [-0.25, -0.2) is 10.4 Å². The van der Waals surface area contributed by atoms with Crippen LogP contribution >= 0.6 is 24.0 Å². The minimum absolute atomic E-state index is 0.0268. The van der Waals surface area contributed by atoms with E-state index >= 15 is 0 Å². The number of thiocarbonyl (C=S) groups is 1. The van der Waals surface area contributed by atoms with Crippen molar-refractivity contribution < 1.29 is 50.5 Å². The molecule has 16 heteroatoms. The number of aliphatic carboxylic acids is 1. The number of morpholine rings is 1. The molecule has 2 fully saturated rings. The van der Waals surface area contributed by atoms with Crippen LogP contribution in [-0.4, -0.2) is 77.2 Å². The summed E-state index contributed by atoms with van der Waals surface area (Å²) in [5, 5.41) is 9.92. The molecule has 2 aliphatic rings. The van der Waals surface area contributed by atoms with E-state index in [0.717, 1.165) is 16.8 Å². The second-order valence-corrected chi connectivity index (χ2v) is 11.8. The largest absolute Gasteiger partial charge is 0.492 e. The molecule has 0 aromatic heterocycles. The predicted molar refractivity (Wildman–Crippen MR) is 159 cm³/mol. The molecule has 0 saturated carbocycles. The number of nitrogens with one attached hydrogen (secondary N) is 1. The zero-order valence-electron chi connectivity index (χ0n) is 23.7. The van der Waals surface area contributed by atoms with E-state index in [1.54, 1.807) is 0 Å². The quantitative estimate of drug-likeness (QED) is 0.120. The van der Waals surface area contributed by atoms with Gasteiger partial charge in [0.2, 0.25) is 0 Å². The van der Waals surface area contributed by atoms with Gasteiger partial charge in [0.15, 0.2) is 4.32 Å². The Balaban J connectivity index is 1.64. The van der Waals surface area contributed by atoms with Crippen LogP contribution in [0.4, 0.5) is 26.3 Å². The second-order valence-electron chi connectivity index (χ2n) is 10.1. The maximum atomic E-state index is 13.5. The molecule has 0 atom stereocenters. The van der Waals surface area contributed by atoms with E-state index in [4.69, 9.17) is 26.8 Å². The van der Waals surface area contributed by atoms with Crippen LogP contribution in [0.1, 0.15) is 36.0 Å². The molecule has 2 aromatic rings. The third-order valence-electron chi connectivity index (χ3n) is 6.87. The molecule has 2 aromatic carbocycles. The lowest BCUT2D eigenvalue weighted by atomic mass is 9.97. The maximum Gasteiger partial charge on any atom is 0.416 e. The highest BCUT2D eigenvalue weighted by atomic mass is 32.2. The molecule has 1 amide bonds. The van der Waals surface area contributed by atoms with Crippen LogP contribution in [0.5, 0.6) is 5.75 Å². The average Bonchev–Trinajstić information content (AvgIpc) is 3.24. The van der Waals surface area contributed by atoms with Gasteiger partial charge in [-0.15, -0.1) is 0 Å². The Labute approximate surface area is 264 Å². The zero-order valence-corrected chi connectivity index (χ0v) is 25.3. The number of hydrogen-bond donors (Lipinski definition) is 2. The molecule has 244 valence electrons. The van der Waals surface area contributed by atoms with Crippen LogP contribution in [0.2, 0.25) is 0 Å². The lowest BCUT2D eigenvalue weighted by Crippen LogP contribution is -2.41. The van der Waals surface area contributed by atoms with E-state index in [-0.39, 0.29) is 57.3 Å². The fourth-order valence-corrected chi connectivity index (χ4v) is 5.75. The van der Waals surface area contributed by atoms with Gasteiger partial charge in [-0.2, -0.15) is 26.3 Å². The first-order chi connectivity index (χ1) is 21.2. The highest BCUT2D eigenvalue weighted by Gasteiger charge is 2.37. The minimum Gasteiger partial charge on any atom is -0.492 e. The molecule has 8 nitrogen and oxygen atoms in total. The molecule has 4 rings (SSSR count). The molecular weight excluding hydrogens is 648 g/mol. The lowest BCUT2D eigenvalue weighted by Gasteiger charge is -2.26. The van der Waals surface area contributed by atoms with Crippen molar-refractivity contribution in [2.45, 2.75) is 31.6 Å². The first kappa shape index (κ1) is 34.7. The van der Waals surface area contributed by atoms with Gasteiger partial charge in [-0.1, -0.05) is 30.0 Å². The molecule has 0 radical (unpaired) electrons. The fourth-order valence-electron chi connectivity index (χ4n) is 4.54. The number of carboxylic acids is 1. The van der Waals surface area contributed by atoms with Crippen LogP contribution in [0.15, 0.2) is 41.3 Å². The third-order valence-corrected chi connectivity index (χ3v) is 8.17. The second kappa shape index (κ2) is 14.9. The van der Waals surface area contributed by atoms with Gasteiger partial charge < -0.3 is 14.6 Å². The molecule has 0 aliphatic carbocycles. The Bertz CT molecular complexity index is 1410. The van der Waals surface area contributed by atoms with Crippen molar-refractivity contribution in [2.75, 3.05) is 46.0 Å². The monoisotopic (exact) mass is 677 g/mol. The number of halogens is 6. The van der Waals surface area contributed by atoms with Gasteiger partial charge >= 0.3 is 18.3 Å². The van der Waals surface area contributed by atoms with E-state index < -0.39 is 35.4 Å². The number of benzene rings is 2. The summed E-state index contributed by atoms with van der Waals surface area (Å²) in [7, 11) is 0. The number of ether oxygens (including phenoxy) is 2. The first-order valence-electron chi connectivity index (χ1n) is 13.8. The Hall–Kier alpha value is -3.18. The van der Waals surface area contributed by atoms with Crippen LogP contribution in [0.25, 0.3) is 17.2 Å². The van der Waals surface area contributed by atoms with Gasteiger partial charge in [0.25, 0.3) is 5.91 Å². The summed E-state index contributed by atoms with van der Waals surface area (Å²) in [5.74, 6) is -1.19. The summed E-state index contributed by atoms with van der Waals surface area (Å²) in [6, 6.07) is 5.51. The Morgan fingerprint density at radius 1 is 1.02 bits per heavy atom. The normalized spacial score (nSPS) is 17.4. The van der Waals surface area contributed by atoms with Crippen LogP contribution in [0.3, 0.4) is 0 Å². The van der Waals surface area contributed by atoms with Crippen LogP contribution in [0, 0.1) is 0 Å². The van der Waals surface area contributed by atoms with Crippen molar-refractivity contribution in [3.05, 3.63) is 58.0 Å². The minimum atomic E-state index is -5.02. The zero-order chi connectivity index (χ0) is 32.8. The van der Waals surface area contributed by atoms with Gasteiger partial charge in [0.1, 0.15) is 12.4 Å². The van der Waals surface area contributed by atoms with Crippen LogP contribution in [-0.2, 0) is 26.7 Å². The summed E-state index contributed by atoms with van der Waals surface area (Å²) in [6.07, 6.45) is -7.79. The summed E-state index contributed by atoms with van der Waals surface area (Å²) in [4.78, 5) is 26.2. The van der Waals surface area contributed by atoms with Gasteiger partial charge in [-0.05, 0) is 60.4 Å². The highest BCUT2D eigenvalue weighted by molar-refractivity contribution is 8.26. The molecular formula is C29H29F6N3O5S2. The van der Waals surface area contributed by atoms with Crippen molar-refractivity contribution in [3.8, 4) is 16.9 Å². The van der Waals surface area contributed by atoms with Gasteiger partial charge in [0.05, 0.1) is 29.2 Å². The van der Waals surface area contributed by atoms with Gasteiger partial charge in [0, 0.05) is 38.2 Å². The molecule has 0 unspecified atom stereocenters. The van der Waals surface area contributed by atoms with Crippen molar-refractivity contribution in [1.29, 1.82) is 0 Å². The molecule has 2 aliphatic heterocycles. The SMILES string of the molecule is O=C(O)CCCCNN1C(=O)C(=Cc2cc(-c3cc(C(F)(F)F)cc(C(F)(F)F)c3)ccc2OCCN2CCOCC2)SC1=S. The molecule has 45 heavy (non-hydrogen) atoms. The Morgan fingerprint density at radius 2 is 1.69 bits per heavy atom. The summed E-state index contributed by atoms with van der Waals surface area (Å²) >= 11 is 6.27. The standard InChI is InChI=1S/C29H29F6N3O5S2/c30-28(31,32)21-14-19(15-22(17-21)29(33,34)35)18-4-5-23(43-12-9-37-7-10-42-11-8-37)20(13-18)16-24-26(41)38(27(44)45-24)36-6-2-1-3-25(39)40/h4-5,13-17,36H,1-3,6-12H2,(H,39,40). The van der Waals surface area contributed by atoms with E-state index in [2.05, 4.69) is 10.3 Å². The van der Waals surface area contributed by atoms with Crippen molar-refractivity contribution in [3.63, 3.8) is 0 Å². The average molecular weight is 678 g/mol. The smallest absolute Gasteiger partial charge is 0.416 e. The number of thioether (sulfide) groups is 1. The van der Waals surface area contributed by atoms with E-state index in [0.29, 0.717) is 57.8 Å². The number of rotatable bonds is 12. The predicted octanol–water partition coefficient (Wildman–Crippen LogP) is 6.06. The summed E-state index contributed by atoms with van der Waals surface area (Å²) in [5.41, 5.74) is -0.0549. The van der Waals surface area contributed by atoms with Crippen LogP contribution < -0.4 is 10.2 Å². The Morgan fingerprint density at radius 3 is 2.31 bits per heavy atom. The van der Waals surface area contributed by atoms with E-state index in [1.165, 1.54) is 24.3 Å². The number of carbonyl (C=O) groups excluding carboxylic acids is 1. The number of carbonyl (C=O) groups is 2. The number of amides is 1. The number of alkyl halides is 6. The lowest BCUT2D eigenvalue weighted by molar-refractivity contribution is -0.143. The molecule has 0 spiro atoms. The maximum absolute atomic E-state index is 13.5. The Kier molecular flexibility index (Phi) is 11.5. The summed E-state index contributed by atoms with van der Waals surface area (Å²) < 4.78 is 92.8. The number of nitrogens with zero attached hydrogens (tertiary/aromatic N) is 2. The van der Waals surface area contributed by atoms with Crippen molar-refractivity contribution >= 4 is 46.3 Å².